The van der Waals surface area contributed by atoms with Crippen LogP contribution in [0.15, 0.2) is 72.8 Å². The van der Waals surface area contributed by atoms with Gasteiger partial charge in [0.1, 0.15) is 17.7 Å². The molecule has 0 saturated carbocycles. The predicted molar refractivity (Wildman–Crippen MR) is 142 cm³/mol. The molecule has 0 radical (unpaired) electrons. The van der Waals surface area contributed by atoms with Crippen LogP contribution in [-0.2, 0) is 28.3 Å². The van der Waals surface area contributed by atoms with Crippen LogP contribution in [0, 0.1) is 11.6 Å². The number of rotatable bonds is 12. The van der Waals surface area contributed by atoms with E-state index in [1.54, 1.807) is 24.3 Å². The molecule has 0 aliphatic carbocycles. The third-order valence-electron chi connectivity index (χ3n) is 5.65. The molecule has 36 heavy (non-hydrogen) atoms. The minimum Gasteiger partial charge on any atom is -0.354 e. The molecule has 1 N–H and O–H groups in total. The molecule has 0 fully saturated rings. The Bertz CT molecular complexity index is 1140. The minimum absolute atomic E-state index is 0.0224. The van der Waals surface area contributed by atoms with Gasteiger partial charge in [-0.2, -0.15) is 0 Å². The fourth-order valence-electron chi connectivity index (χ4n) is 3.72. The highest BCUT2D eigenvalue weighted by molar-refractivity contribution is 7.99. The number of halogens is 3. The van der Waals surface area contributed by atoms with Crippen molar-refractivity contribution in [3.8, 4) is 0 Å². The van der Waals surface area contributed by atoms with Crippen molar-refractivity contribution in [3.63, 3.8) is 0 Å². The molecule has 0 aromatic heterocycles. The second-order valence-electron chi connectivity index (χ2n) is 8.30. The lowest BCUT2D eigenvalue weighted by molar-refractivity contribution is -0.139. The number of hydrogen-bond donors (Lipinski definition) is 1. The van der Waals surface area contributed by atoms with Crippen molar-refractivity contribution in [2.45, 2.75) is 38.1 Å². The first kappa shape index (κ1) is 27.7. The monoisotopic (exact) mass is 530 g/mol. The van der Waals surface area contributed by atoms with Crippen LogP contribution < -0.4 is 5.32 Å². The maximum atomic E-state index is 14.6. The van der Waals surface area contributed by atoms with Gasteiger partial charge < -0.3 is 10.2 Å². The topological polar surface area (TPSA) is 49.4 Å². The Morgan fingerprint density at radius 3 is 2.36 bits per heavy atom. The first-order valence-electron chi connectivity index (χ1n) is 11.8. The molecule has 190 valence electrons. The summed E-state index contributed by atoms with van der Waals surface area (Å²) in [5.41, 5.74) is 1.51. The standard InChI is InChI=1S/C28H29ClF2N2O2S/c1-2-15-32-28(35)26(16-20-9-4-3-5-10-20)33(17-21-11-6-7-13-24(21)30)27(34)19-36-18-22-23(29)12-8-14-25(22)31/h3-14,26H,2,15-19H2,1H3,(H,32,35)/t26-/m0/s1. The van der Waals surface area contributed by atoms with E-state index in [-0.39, 0.29) is 36.3 Å². The molecule has 3 aromatic rings. The van der Waals surface area contributed by atoms with Crippen LogP contribution in [0.25, 0.3) is 0 Å². The number of benzene rings is 3. The second-order valence-corrected chi connectivity index (χ2v) is 9.70. The number of amides is 2. The van der Waals surface area contributed by atoms with Crippen molar-refractivity contribution >= 4 is 35.2 Å². The van der Waals surface area contributed by atoms with Gasteiger partial charge in [0.15, 0.2) is 0 Å². The number of hydrogen-bond acceptors (Lipinski definition) is 3. The van der Waals surface area contributed by atoms with Crippen molar-refractivity contribution in [3.05, 3.63) is 106 Å². The summed E-state index contributed by atoms with van der Waals surface area (Å²) in [7, 11) is 0. The highest BCUT2D eigenvalue weighted by Crippen LogP contribution is 2.25. The molecule has 0 bridgehead atoms. The van der Waals surface area contributed by atoms with E-state index in [9.17, 15) is 18.4 Å². The van der Waals surface area contributed by atoms with Crippen molar-refractivity contribution in [1.82, 2.24) is 10.2 Å². The van der Waals surface area contributed by atoms with Gasteiger partial charge in [-0.25, -0.2) is 8.78 Å². The highest BCUT2D eigenvalue weighted by atomic mass is 35.5. The molecule has 3 rings (SSSR count). The van der Waals surface area contributed by atoms with Crippen LogP contribution in [0.1, 0.15) is 30.0 Å². The molecule has 8 heteroatoms. The van der Waals surface area contributed by atoms with Gasteiger partial charge in [-0.1, -0.05) is 73.1 Å². The van der Waals surface area contributed by atoms with Gasteiger partial charge in [-0.05, 0) is 30.2 Å². The van der Waals surface area contributed by atoms with Crippen LogP contribution in [0.3, 0.4) is 0 Å². The van der Waals surface area contributed by atoms with Crippen molar-refractivity contribution in [1.29, 1.82) is 0 Å². The number of nitrogens with zero attached hydrogens (tertiary/aromatic N) is 1. The zero-order valence-corrected chi connectivity index (χ0v) is 21.6. The molecule has 2 amide bonds. The number of thioether (sulfide) groups is 1. The van der Waals surface area contributed by atoms with Gasteiger partial charge in [0.2, 0.25) is 11.8 Å². The Morgan fingerprint density at radius 2 is 1.67 bits per heavy atom. The van der Waals surface area contributed by atoms with Gasteiger partial charge in [0.25, 0.3) is 0 Å². The summed E-state index contributed by atoms with van der Waals surface area (Å²) < 4.78 is 28.7. The third kappa shape index (κ3) is 7.80. The molecule has 0 saturated heterocycles. The smallest absolute Gasteiger partial charge is 0.243 e. The summed E-state index contributed by atoms with van der Waals surface area (Å²) in [4.78, 5) is 28.2. The maximum absolute atomic E-state index is 14.6. The normalized spacial score (nSPS) is 11.7. The molecule has 1 atom stereocenters. The summed E-state index contributed by atoms with van der Waals surface area (Å²) in [5, 5.41) is 3.18. The van der Waals surface area contributed by atoms with E-state index in [1.165, 1.54) is 34.9 Å². The van der Waals surface area contributed by atoms with Gasteiger partial charge in [-0.3, -0.25) is 9.59 Å². The zero-order valence-electron chi connectivity index (χ0n) is 20.1. The number of nitrogens with one attached hydrogen (secondary N) is 1. The van der Waals surface area contributed by atoms with Gasteiger partial charge in [0.05, 0.1) is 5.75 Å². The minimum atomic E-state index is -0.844. The van der Waals surface area contributed by atoms with E-state index in [4.69, 9.17) is 11.6 Å². The van der Waals surface area contributed by atoms with E-state index in [1.807, 2.05) is 37.3 Å². The predicted octanol–water partition coefficient (Wildman–Crippen LogP) is 6.02. The average molecular weight is 531 g/mol. The Balaban J connectivity index is 1.86. The van der Waals surface area contributed by atoms with E-state index in [2.05, 4.69) is 5.32 Å². The van der Waals surface area contributed by atoms with Gasteiger partial charge >= 0.3 is 0 Å². The van der Waals surface area contributed by atoms with Crippen molar-refractivity contribution in [2.75, 3.05) is 12.3 Å². The molecular weight excluding hydrogens is 502 g/mol. The van der Waals surface area contributed by atoms with Crippen LogP contribution >= 0.6 is 23.4 Å². The first-order chi connectivity index (χ1) is 17.4. The summed E-state index contributed by atoms with van der Waals surface area (Å²) >= 11 is 7.32. The van der Waals surface area contributed by atoms with E-state index >= 15 is 0 Å². The summed E-state index contributed by atoms with van der Waals surface area (Å²) in [6.07, 6.45) is 1.02. The molecule has 0 heterocycles. The van der Waals surface area contributed by atoms with Crippen molar-refractivity contribution < 1.29 is 18.4 Å². The Hall–Kier alpha value is -2.90. The average Bonchev–Trinajstić information content (AvgIpc) is 2.88. The van der Waals surface area contributed by atoms with E-state index < -0.39 is 17.7 Å². The molecule has 0 spiro atoms. The largest absolute Gasteiger partial charge is 0.354 e. The highest BCUT2D eigenvalue weighted by Gasteiger charge is 2.30. The zero-order chi connectivity index (χ0) is 25.9. The lowest BCUT2D eigenvalue weighted by atomic mass is 10.0. The Morgan fingerprint density at radius 1 is 0.972 bits per heavy atom. The van der Waals surface area contributed by atoms with Gasteiger partial charge in [-0.15, -0.1) is 11.8 Å². The Kier molecular flexibility index (Phi) is 10.8. The fraction of sp³-hybridized carbons (Fsp3) is 0.286. The van der Waals surface area contributed by atoms with Crippen molar-refractivity contribution in [2.24, 2.45) is 0 Å². The van der Waals surface area contributed by atoms with Crippen LogP contribution in [-0.4, -0.2) is 35.1 Å². The summed E-state index contributed by atoms with van der Waals surface area (Å²) in [6, 6.07) is 19.2. The number of carbonyl (C=O) groups is 2. The third-order valence-corrected chi connectivity index (χ3v) is 6.95. The molecule has 0 aliphatic rings. The maximum Gasteiger partial charge on any atom is 0.243 e. The van der Waals surface area contributed by atoms with Crippen LogP contribution in [0.4, 0.5) is 8.78 Å². The molecule has 0 unspecified atom stereocenters. The van der Waals surface area contributed by atoms with E-state index in [0.717, 1.165) is 12.0 Å². The number of carbonyl (C=O) groups excluding carboxylic acids is 2. The van der Waals surface area contributed by atoms with E-state index in [0.29, 0.717) is 22.7 Å². The lowest BCUT2D eigenvalue weighted by Crippen LogP contribution is -2.51. The first-order valence-corrected chi connectivity index (χ1v) is 13.3. The van der Waals surface area contributed by atoms with Crippen LogP contribution in [0.2, 0.25) is 5.02 Å². The van der Waals surface area contributed by atoms with Crippen LogP contribution in [0.5, 0.6) is 0 Å². The molecule has 3 aromatic carbocycles. The molecular formula is C28H29ClF2N2O2S. The summed E-state index contributed by atoms with van der Waals surface area (Å²) in [6.45, 7) is 2.34. The summed E-state index contributed by atoms with van der Waals surface area (Å²) in [5.74, 6) is -1.36. The Labute approximate surface area is 220 Å². The molecule has 4 nitrogen and oxygen atoms in total. The second kappa shape index (κ2) is 14.0. The fourth-order valence-corrected chi connectivity index (χ4v) is 4.97. The SMILES string of the molecule is CCCNC(=O)[C@H](Cc1ccccc1)N(Cc1ccccc1F)C(=O)CSCc1c(F)cccc1Cl. The lowest BCUT2D eigenvalue weighted by Gasteiger charge is -2.31. The van der Waals surface area contributed by atoms with Gasteiger partial charge in [0, 0.05) is 41.4 Å². The quantitative estimate of drug-likeness (QED) is 0.311. The molecule has 0 aliphatic heterocycles.